The predicted molar refractivity (Wildman–Crippen MR) is 71.7 cm³/mol. The van der Waals surface area contributed by atoms with Crippen LogP contribution in [-0.4, -0.2) is 5.78 Å². The van der Waals surface area contributed by atoms with E-state index in [1.807, 2.05) is 30.3 Å². The topological polar surface area (TPSA) is 30.2 Å². The van der Waals surface area contributed by atoms with E-state index in [0.29, 0.717) is 5.76 Å². The Labute approximate surface area is 107 Å². The van der Waals surface area contributed by atoms with Crippen LogP contribution in [0.4, 0.5) is 0 Å². The fourth-order valence-corrected chi connectivity index (χ4v) is 2.95. The number of ketones is 1. The lowest BCUT2D eigenvalue weighted by atomic mass is 9.72. The Balaban J connectivity index is 1.96. The normalized spacial score (nSPS) is 18.9. The zero-order valence-electron chi connectivity index (χ0n) is 10.7. The largest absolute Gasteiger partial charge is 0.453 e. The molecular formula is C16H18O2. The summed E-state index contributed by atoms with van der Waals surface area (Å²) in [5.41, 5.74) is 0.590. The molecule has 0 radical (unpaired) electrons. The third kappa shape index (κ3) is 1.86. The molecule has 0 spiro atoms. The van der Waals surface area contributed by atoms with E-state index in [0.717, 1.165) is 36.7 Å². The summed E-state index contributed by atoms with van der Waals surface area (Å²) >= 11 is 0. The van der Waals surface area contributed by atoms with E-state index in [1.54, 1.807) is 0 Å². The zero-order chi connectivity index (χ0) is 12.6. The van der Waals surface area contributed by atoms with Crippen molar-refractivity contribution in [1.29, 1.82) is 0 Å². The van der Waals surface area contributed by atoms with Crippen molar-refractivity contribution < 1.29 is 9.21 Å². The van der Waals surface area contributed by atoms with Crippen LogP contribution in [0.1, 0.15) is 49.6 Å². The number of rotatable bonds is 2. The molecule has 94 valence electrons. The summed E-state index contributed by atoms with van der Waals surface area (Å²) in [5.74, 6) is 0.707. The van der Waals surface area contributed by atoms with Crippen molar-refractivity contribution in [3.8, 4) is 0 Å². The summed E-state index contributed by atoms with van der Waals surface area (Å²) in [4.78, 5) is 12.6. The second-order valence-electron chi connectivity index (χ2n) is 5.60. The van der Waals surface area contributed by atoms with Crippen molar-refractivity contribution in [2.45, 2.75) is 39.0 Å². The van der Waals surface area contributed by atoms with Crippen molar-refractivity contribution >= 4 is 16.8 Å². The Kier molecular flexibility index (Phi) is 2.73. The highest BCUT2D eigenvalue weighted by molar-refractivity contribution is 6.01. The van der Waals surface area contributed by atoms with E-state index in [9.17, 15) is 4.79 Å². The molecule has 0 N–H and O–H groups in total. The number of Topliss-reactive ketones (excluding diaryl/α,β-unsaturated/α-hetero) is 1. The summed E-state index contributed by atoms with van der Waals surface area (Å²) in [5, 5.41) is 1.01. The van der Waals surface area contributed by atoms with Crippen molar-refractivity contribution in [3.05, 3.63) is 36.1 Å². The summed E-state index contributed by atoms with van der Waals surface area (Å²) in [6.07, 6.45) is 5.54. The highest BCUT2D eigenvalue weighted by Gasteiger charge is 2.36. The van der Waals surface area contributed by atoms with Crippen LogP contribution in [0.2, 0.25) is 0 Å². The van der Waals surface area contributed by atoms with Crippen LogP contribution in [0.15, 0.2) is 34.7 Å². The molecule has 1 aliphatic carbocycles. The maximum Gasteiger partial charge on any atom is 0.203 e. The lowest BCUT2D eigenvalue weighted by molar-refractivity contribution is 0.0721. The van der Waals surface area contributed by atoms with Gasteiger partial charge in [-0.25, -0.2) is 0 Å². The molecule has 1 aliphatic rings. The van der Waals surface area contributed by atoms with Gasteiger partial charge in [0.05, 0.1) is 0 Å². The fourth-order valence-electron chi connectivity index (χ4n) is 2.95. The third-order valence-electron chi connectivity index (χ3n) is 4.15. The van der Waals surface area contributed by atoms with Gasteiger partial charge in [0.15, 0.2) is 5.76 Å². The molecule has 0 saturated heterocycles. The monoisotopic (exact) mass is 242 g/mol. The van der Waals surface area contributed by atoms with Crippen molar-refractivity contribution in [2.75, 3.05) is 0 Å². The third-order valence-corrected chi connectivity index (χ3v) is 4.15. The Morgan fingerprint density at radius 3 is 2.61 bits per heavy atom. The first-order valence-electron chi connectivity index (χ1n) is 6.72. The Morgan fingerprint density at radius 2 is 1.89 bits per heavy atom. The number of fused-ring (bicyclic) bond motifs is 1. The molecule has 18 heavy (non-hydrogen) atoms. The molecule has 0 unspecified atom stereocenters. The molecule has 1 saturated carbocycles. The summed E-state index contributed by atoms with van der Waals surface area (Å²) < 4.78 is 5.70. The molecule has 0 bridgehead atoms. The van der Waals surface area contributed by atoms with Crippen LogP contribution in [-0.2, 0) is 0 Å². The molecule has 0 aliphatic heterocycles. The zero-order valence-corrected chi connectivity index (χ0v) is 10.7. The maximum atomic E-state index is 12.6. The predicted octanol–water partition coefficient (Wildman–Crippen LogP) is 4.59. The van der Waals surface area contributed by atoms with Gasteiger partial charge in [-0.1, -0.05) is 44.4 Å². The molecule has 2 heteroatoms. The highest BCUT2D eigenvalue weighted by Crippen LogP contribution is 2.39. The van der Waals surface area contributed by atoms with Gasteiger partial charge in [0.2, 0.25) is 5.78 Å². The van der Waals surface area contributed by atoms with Crippen molar-refractivity contribution in [3.63, 3.8) is 0 Å². The first-order chi connectivity index (χ1) is 8.69. The van der Waals surface area contributed by atoms with Crippen LogP contribution in [0.5, 0.6) is 0 Å². The van der Waals surface area contributed by atoms with Gasteiger partial charge in [0.25, 0.3) is 0 Å². The van der Waals surface area contributed by atoms with E-state index in [2.05, 4.69) is 6.92 Å². The smallest absolute Gasteiger partial charge is 0.203 e. The minimum atomic E-state index is -0.216. The molecule has 3 rings (SSSR count). The number of carbonyl (C=O) groups excluding carboxylic acids is 1. The number of hydrogen-bond acceptors (Lipinski definition) is 2. The van der Waals surface area contributed by atoms with Crippen LogP contribution in [0.3, 0.4) is 0 Å². The quantitative estimate of drug-likeness (QED) is 0.721. The standard InChI is InChI=1S/C16H18O2/c1-16(9-5-2-6-10-16)15(17)14-11-12-7-3-4-8-13(12)18-14/h3-4,7-8,11H,2,5-6,9-10H2,1H3. The fraction of sp³-hybridized carbons (Fsp3) is 0.438. The second kappa shape index (κ2) is 4.27. The lowest BCUT2D eigenvalue weighted by Gasteiger charge is -2.30. The average Bonchev–Trinajstić information content (AvgIpc) is 2.82. The number of furan rings is 1. The Morgan fingerprint density at radius 1 is 1.17 bits per heavy atom. The Bertz CT molecular complexity index is 541. The molecule has 1 fully saturated rings. The van der Waals surface area contributed by atoms with Gasteiger partial charge < -0.3 is 4.42 Å². The van der Waals surface area contributed by atoms with Gasteiger partial charge in [-0.15, -0.1) is 0 Å². The highest BCUT2D eigenvalue weighted by atomic mass is 16.3. The van der Waals surface area contributed by atoms with E-state index in [4.69, 9.17) is 4.42 Å². The molecule has 1 aromatic carbocycles. The van der Waals surface area contributed by atoms with Crippen molar-refractivity contribution in [2.24, 2.45) is 5.41 Å². The van der Waals surface area contributed by atoms with Gasteiger partial charge in [-0.2, -0.15) is 0 Å². The van der Waals surface area contributed by atoms with Crippen LogP contribution in [0.25, 0.3) is 11.0 Å². The summed E-state index contributed by atoms with van der Waals surface area (Å²) in [6, 6.07) is 9.68. The maximum absolute atomic E-state index is 12.6. The Hall–Kier alpha value is -1.57. The van der Waals surface area contributed by atoms with E-state index >= 15 is 0 Å². The molecular weight excluding hydrogens is 224 g/mol. The van der Waals surface area contributed by atoms with Gasteiger partial charge in [0.1, 0.15) is 5.58 Å². The minimum absolute atomic E-state index is 0.179. The lowest BCUT2D eigenvalue weighted by Crippen LogP contribution is -2.29. The molecule has 1 heterocycles. The van der Waals surface area contributed by atoms with Crippen LogP contribution in [0, 0.1) is 5.41 Å². The van der Waals surface area contributed by atoms with Gasteiger partial charge in [-0.05, 0) is 25.0 Å². The first kappa shape index (κ1) is 11.5. The second-order valence-corrected chi connectivity index (χ2v) is 5.60. The van der Waals surface area contributed by atoms with Gasteiger partial charge in [0, 0.05) is 10.8 Å². The average molecular weight is 242 g/mol. The van der Waals surface area contributed by atoms with Gasteiger partial charge in [-0.3, -0.25) is 4.79 Å². The first-order valence-corrected chi connectivity index (χ1v) is 6.72. The van der Waals surface area contributed by atoms with Crippen molar-refractivity contribution in [1.82, 2.24) is 0 Å². The van der Waals surface area contributed by atoms with Crippen LogP contribution >= 0.6 is 0 Å². The minimum Gasteiger partial charge on any atom is -0.453 e. The van der Waals surface area contributed by atoms with E-state index in [1.165, 1.54) is 6.42 Å². The summed E-state index contributed by atoms with van der Waals surface area (Å²) in [7, 11) is 0. The SMILES string of the molecule is CC1(C(=O)c2cc3ccccc3o2)CCCCC1. The molecule has 1 aromatic heterocycles. The van der Waals surface area contributed by atoms with Gasteiger partial charge >= 0.3 is 0 Å². The number of hydrogen-bond donors (Lipinski definition) is 0. The molecule has 2 aromatic rings. The molecule has 0 atom stereocenters. The number of benzene rings is 1. The summed E-state index contributed by atoms with van der Waals surface area (Å²) in [6.45, 7) is 2.08. The molecule has 2 nitrogen and oxygen atoms in total. The molecule has 0 amide bonds. The van der Waals surface area contributed by atoms with E-state index in [-0.39, 0.29) is 11.2 Å². The van der Waals surface area contributed by atoms with Crippen LogP contribution < -0.4 is 0 Å². The number of para-hydroxylation sites is 1. The van der Waals surface area contributed by atoms with E-state index < -0.39 is 0 Å². The number of carbonyl (C=O) groups is 1.